The molecule has 0 fully saturated rings. The number of rotatable bonds is 9. The highest BCUT2D eigenvalue weighted by Gasteiger charge is 2.21. The highest BCUT2D eigenvalue weighted by atomic mass is 32.2. The number of hydrogen-bond acceptors (Lipinski definition) is 7. The molecule has 0 aliphatic rings. The van der Waals surface area contributed by atoms with Crippen molar-refractivity contribution in [1.82, 2.24) is 9.97 Å². The van der Waals surface area contributed by atoms with E-state index in [0.717, 1.165) is 16.5 Å². The first-order valence-electron chi connectivity index (χ1n) is 14.6. The summed E-state index contributed by atoms with van der Waals surface area (Å²) in [6, 6.07) is 43.8. The molecule has 0 aliphatic heterocycles. The van der Waals surface area contributed by atoms with Crippen molar-refractivity contribution in [2.75, 3.05) is 14.3 Å². The zero-order chi connectivity index (χ0) is 32.4. The Labute approximate surface area is 272 Å². The summed E-state index contributed by atoms with van der Waals surface area (Å²) in [6.45, 7) is 0. The van der Waals surface area contributed by atoms with Crippen LogP contribution in [0.5, 0.6) is 0 Å². The van der Waals surface area contributed by atoms with Gasteiger partial charge in [-0.2, -0.15) is 0 Å². The minimum Gasteiger partial charge on any atom is -0.279 e. The first kappa shape index (κ1) is 29.9. The molecule has 0 atom stereocenters. The number of para-hydroxylation sites is 3. The summed E-state index contributed by atoms with van der Waals surface area (Å²) in [4.78, 5) is 12.0. The van der Waals surface area contributed by atoms with Gasteiger partial charge >= 0.3 is 0 Å². The van der Waals surface area contributed by atoms with E-state index in [9.17, 15) is 16.8 Å². The van der Waals surface area contributed by atoms with Crippen LogP contribution < -0.4 is 14.3 Å². The van der Waals surface area contributed by atoms with Crippen LogP contribution in [0.3, 0.4) is 0 Å². The quantitative estimate of drug-likeness (QED) is 0.162. The summed E-state index contributed by atoms with van der Waals surface area (Å²) in [5.74, 6) is 0.952. The predicted molar refractivity (Wildman–Crippen MR) is 186 cm³/mol. The van der Waals surface area contributed by atoms with E-state index in [-0.39, 0.29) is 9.79 Å². The number of anilines is 5. The van der Waals surface area contributed by atoms with E-state index in [2.05, 4.69) is 9.44 Å². The Morgan fingerprint density at radius 3 is 1.26 bits per heavy atom. The average molecular weight is 658 g/mol. The minimum atomic E-state index is -3.88. The number of hydrogen-bond donors (Lipinski definition) is 2. The Kier molecular flexibility index (Phi) is 7.76. The first-order valence-corrected chi connectivity index (χ1v) is 17.6. The zero-order valence-corrected chi connectivity index (χ0v) is 26.4. The van der Waals surface area contributed by atoms with Crippen molar-refractivity contribution in [2.24, 2.45) is 0 Å². The SMILES string of the molecule is O=S(=O)(Nc1cccc2ccc(N(c3ccccc3)c3ccc4cccc(NS(=O)(=O)c5ccccc5)c4n3)nc12)c1ccccc1. The molecule has 2 heterocycles. The van der Waals surface area contributed by atoms with Gasteiger partial charge in [0.25, 0.3) is 20.0 Å². The molecule has 0 aliphatic carbocycles. The fourth-order valence-corrected chi connectivity index (χ4v) is 7.43. The molecule has 7 rings (SSSR count). The largest absolute Gasteiger partial charge is 0.279 e. The molecule has 11 heteroatoms. The van der Waals surface area contributed by atoms with Gasteiger partial charge in [-0.15, -0.1) is 0 Å². The Balaban J connectivity index is 1.35. The summed E-state index contributed by atoms with van der Waals surface area (Å²) in [5.41, 5.74) is 2.29. The minimum absolute atomic E-state index is 0.137. The van der Waals surface area contributed by atoms with Crippen molar-refractivity contribution in [2.45, 2.75) is 9.79 Å². The van der Waals surface area contributed by atoms with Crippen LogP contribution in [-0.4, -0.2) is 26.8 Å². The van der Waals surface area contributed by atoms with Crippen LogP contribution in [0, 0.1) is 0 Å². The number of pyridine rings is 2. The van der Waals surface area contributed by atoms with Gasteiger partial charge in [-0.25, -0.2) is 26.8 Å². The molecule has 0 amide bonds. The molecule has 0 spiro atoms. The molecule has 0 bridgehead atoms. The maximum absolute atomic E-state index is 13.2. The molecule has 0 unspecified atom stereocenters. The zero-order valence-electron chi connectivity index (χ0n) is 24.7. The topological polar surface area (TPSA) is 121 Å². The van der Waals surface area contributed by atoms with Gasteiger partial charge in [0.1, 0.15) is 11.6 Å². The smallest absolute Gasteiger partial charge is 0.261 e. The molecule has 2 N–H and O–H groups in total. The summed E-state index contributed by atoms with van der Waals surface area (Å²) in [6.07, 6.45) is 0. The molecular weight excluding hydrogens is 631 g/mol. The van der Waals surface area contributed by atoms with Gasteiger partial charge in [-0.1, -0.05) is 78.9 Å². The predicted octanol–water partition coefficient (Wildman–Crippen LogP) is 7.85. The maximum atomic E-state index is 13.2. The third-order valence-electron chi connectivity index (χ3n) is 7.48. The lowest BCUT2D eigenvalue weighted by atomic mass is 10.1. The molecule has 47 heavy (non-hydrogen) atoms. The lowest BCUT2D eigenvalue weighted by molar-refractivity contribution is 0.599. The van der Waals surface area contributed by atoms with E-state index in [1.54, 1.807) is 60.7 Å². The van der Waals surface area contributed by atoms with E-state index in [1.807, 2.05) is 71.6 Å². The van der Waals surface area contributed by atoms with Gasteiger partial charge in [-0.05, 0) is 72.8 Å². The van der Waals surface area contributed by atoms with Crippen LogP contribution in [0.15, 0.2) is 161 Å². The monoisotopic (exact) mass is 657 g/mol. The van der Waals surface area contributed by atoms with E-state index >= 15 is 0 Å². The van der Waals surface area contributed by atoms with Crippen molar-refractivity contribution < 1.29 is 16.8 Å². The highest BCUT2D eigenvalue weighted by Crippen LogP contribution is 2.36. The standard InChI is InChI=1S/C36H27N5O4S2/c42-46(43,29-16-6-2-7-17-29)39-31-20-10-12-26-22-24-33(37-35(26)31)41(28-14-4-1-5-15-28)34-25-23-27-13-11-21-32(36(27)38-34)40-47(44,45)30-18-8-3-9-19-30/h1-25,39-40H. The molecule has 232 valence electrons. The second kappa shape index (κ2) is 12.2. The number of nitrogens with one attached hydrogen (secondary N) is 2. The lowest BCUT2D eigenvalue weighted by Crippen LogP contribution is -2.16. The van der Waals surface area contributed by atoms with E-state index in [0.29, 0.717) is 34.0 Å². The van der Waals surface area contributed by atoms with Crippen molar-refractivity contribution in [3.63, 3.8) is 0 Å². The molecule has 2 aromatic heterocycles. The average Bonchev–Trinajstić information content (AvgIpc) is 3.10. The number of benzene rings is 5. The number of aromatic nitrogens is 2. The number of nitrogens with zero attached hydrogens (tertiary/aromatic N) is 3. The molecule has 9 nitrogen and oxygen atoms in total. The van der Waals surface area contributed by atoms with Gasteiger partial charge in [0.05, 0.1) is 32.2 Å². The van der Waals surface area contributed by atoms with Gasteiger partial charge in [0.15, 0.2) is 0 Å². The van der Waals surface area contributed by atoms with Crippen molar-refractivity contribution >= 4 is 70.6 Å². The molecule has 0 saturated carbocycles. The van der Waals surface area contributed by atoms with Crippen LogP contribution in [0.4, 0.5) is 28.7 Å². The van der Waals surface area contributed by atoms with Crippen LogP contribution in [0.25, 0.3) is 21.8 Å². The fourth-order valence-electron chi connectivity index (χ4n) is 5.25. The van der Waals surface area contributed by atoms with E-state index < -0.39 is 20.0 Å². The van der Waals surface area contributed by atoms with Gasteiger partial charge in [-0.3, -0.25) is 14.3 Å². The van der Waals surface area contributed by atoms with Crippen molar-refractivity contribution in [3.8, 4) is 0 Å². The van der Waals surface area contributed by atoms with Gasteiger partial charge in [0, 0.05) is 16.5 Å². The Bertz CT molecular complexity index is 2290. The molecule has 0 saturated heterocycles. The normalized spacial score (nSPS) is 11.7. The first-order chi connectivity index (χ1) is 22.8. The molecule has 5 aromatic carbocycles. The van der Waals surface area contributed by atoms with Crippen molar-refractivity contribution in [3.05, 3.63) is 152 Å². The second-order valence-corrected chi connectivity index (χ2v) is 14.0. The van der Waals surface area contributed by atoms with Crippen molar-refractivity contribution in [1.29, 1.82) is 0 Å². The Morgan fingerprint density at radius 1 is 0.426 bits per heavy atom. The van der Waals surface area contributed by atoms with Crippen LogP contribution >= 0.6 is 0 Å². The van der Waals surface area contributed by atoms with E-state index in [4.69, 9.17) is 9.97 Å². The van der Waals surface area contributed by atoms with Crippen LogP contribution in [0.2, 0.25) is 0 Å². The second-order valence-electron chi connectivity index (χ2n) is 10.6. The lowest BCUT2D eigenvalue weighted by Gasteiger charge is -2.24. The van der Waals surface area contributed by atoms with Gasteiger partial charge < -0.3 is 0 Å². The van der Waals surface area contributed by atoms with Crippen LogP contribution in [-0.2, 0) is 20.0 Å². The highest BCUT2D eigenvalue weighted by molar-refractivity contribution is 7.93. The Morgan fingerprint density at radius 2 is 0.830 bits per heavy atom. The molecule has 0 radical (unpaired) electrons. The molecule has 7 aromatic rings. The maximum Gasteiger partial charge on any atom is 0.261 e. The third-order valence-corrected chi connectivity index (χ3v) is 10.2. The number of fused-ring (bicyclic) bond motifs is 2. The summed E-state index contributed by atoms with van der Waals surface area (Å²) in [5, 5.41) is 1.47. The van der Waals surface area contributed by atoms with Gasteiger partial charge in [0.2, 0.25) is 0 Å². The molecular formula is C36H27N5O4S2. The summed E-state index contributed by atoms with van der Waals surface area (Å²) in [7, 11) is -7.76. The number of sulfonamides is 2. The van der Waals surface area contributed by atoms with Crippen LogP contribution in [0.1, 0.15) is 0 Å². The summed E-state index contributed by atoms with van der Waals surface area (Å²) >= 11 is 0. The summed E-state index contributed by atoms with van der Waals surface area (Å²) < 4.78 is 58.4. The third kappa shape index (κ3) is 6.09. The van der Waals surface area contributed by atoms with E-state index in [1.165, 1.54) is 24.3 Å². The fraction of sp³-hybridized carbons (Fsp3) is 0. The Hall–Kier alpha value is -5.78.